The molecular formula is C18H21N3O. The van der Waals surface area contributed by atoms with E-state index in [4.69, 9.17) is 4.99 Å². The van der Waals surface area contributed by atoms with Gasteiger partial charge in [0.05, 0.1) is 11.8 Å². The van der Waals surface area contributed by atoms with Gasteiger partial charge >= 0.3 is 0 Å². The second-order valence-electron chi connectivity index (χ2n) is 5.76. The van der Waals surface area contributed by atoms with Gasteiger partial charge in [-0.3, -0.25) is 4.99 Å². The molecule has 0 amide bonds. The molecule has 4 nitrogen and oxygen atoms in total. The number of aliphatic imine (C=N–C) groups is 1. The molecule has 2 aromatic rings. The molecular weight excluding hydrogens is 274 g/mol. The van der Waals surface area contributed by atoms with Crippen LogP contribution in [0.15, 0.2) is 65.7 Å². The summed E-state index contributed by atoms with van der Waals surface area (Å²) in [5, 5.41) is 13.3. The standard InChI is InChI=1S/C18H21N3O/c1-14-13-21(2)20-18(22,16-11-7-4-8-12-16)17(19-14)15-9-5-3-6-10-15/h3-12,14,20,22H,13H2,1-2H3. The zero-order valence-corrected chi connectivity index (χ0v) is 12.9. The average Bonchev–Trinajstić information content (AvgIpc) is 2.65. The molecule has 1 aliphatic rings. The van der Waals surface area contributed by atoms with E-state index in [2.05, 4.69) is 12.3 Å². The Bertz CT molecular complexity index is 657. The van der Waals surface area contributed by atoms with E-state index in [1.807, 2.05) is 72.7 Å². The Morgan fingerprint density at radius 2 is 1.68 bits per heavy atom. The molecule has 114 valence electrons. The molecule has 4 heteroatoms. The summed E-state index contributed by atoms with van der Waals surface area (Å²) in [6.45, 7) is 2.78. The van der Waals surface area contributed by atoms with Gasteiger partial charge in [-0.15, -0.1) is 0 Å². The first-order valence-electron chi connectivity index (χ1n) is 7.50. The molecule has 1 heterocycles. The maximum absolute atomic E-state index is 11.4. The number of nitrogens with one attached hydrogen (secondary N) is 1. The van der Waals surface area contributed by atoms with Crippen molar-refractivity contribution in [1.29, 1.82) is 0 Å². The van der Waals surface area contributed by atoms with Gasteiger partial charge < -0.3 is 5.11 Å². The molecule has 0 aliphatic carbocycles. The van der Waals surface area contributed by atoms with Crippen LogP contribution in [-0.2, 0) is 5.72 Å². The van der Waals surface area contributed by atoms with E-state index in [0.717, 1.165) is 17.7 Å². The highest BCUT2D eigenvalue weighted by Crippen LogP contribution is 2.27. The van der Waals surface area contributed by atoms with Crippen LogP contribution in [0.4, 0.5) is 0 Å². The zero-order chi connectivity index (χ0) is 15.6. The van der Waals surface area contributed by atoms with Gasteiger partial charge in [-0.05, 0) is 6.92 Å². The molecule has 0 spiro atoms. The average molecular weight is 295 g/mol. The Balaban J connectivity index is 2.16. The predicted molar refractivity (Wildman–Crippen MR) is 88.5 cm³/mol. The molecule has 2 unspecified atom stereocenters. The molecule has 0 radical (unpaired) electrons. The first-order valence-corrected chi connectivity index (χ1v) is 7.50. The van der Waals surface area contributed by atoms with Gasteiger partial charge in [0.25, 0.3) is 0 Å². The van der Waals surface area contributed by atoms with Gasteiger partial charge in [-0.25, -0.2) is 10.4 Å². The van der Waals surface area contributed by atoms with Gasteiger partial charge in [0.1, 0.15) is 0 Å². The SMILES string of the molecule is CC1CN(C)NC(O)(c2ccccc2)C(c2ccccc2)=N1. The molecule has 0 saturated heterocycles. The summed E-state index contributed by atoms with van der Waals surface area (Å²) < 4.78 is 0. The van der Waals surface area contributed by atoms with Crippen molar-refractivity contribution in [1.82, 2.24) is 10.4 Å². The number of hydrogen-bond acceptors (Lipinski definition) is 4. The first-order chi connectivity index (χ1) is 10.6. The molecule has 2 aromatic carbocycles. The summed E-state index contributed by atoms with van der Waals surface area (Å²) in [7, 11) is 1.92. The minimum atomic E-state index is -1.35. The van der Waals surface area contributed by atoms with Crippen LogP contribution >= 0.6 is 0 Å². The minimum absolute atomic E-state index is 0.0884. The van der Waals surface area contributed by atoms with E-state index in [0.29, 0.717) is 5.71 Å². The van der Waals surface area contributed by atoms with Crippen molar-refractivity contribution in [3.8, 4) is 0 Å². The fourth-order valence-corrected chi connectivity index (χ4v) is 2.89. The van der Waals surface area contributed by atoms with Crippen molar-refractivity contribution in [2.45, 2.75) is 18.7 Å². The Labute approximate surface area is 131 Å². The number of aliphatic hydroxyl groups is 1. The number of nitrogens with zero attached hydrogens (tertiary/aromatic N) is 2. The molecule has 0 aromatic heterocycles. The summed E-state index contributed by atoms with van der Waals surface area (Å²) in [6, 6.07) is 19.5. The van der Waals surface area contributed by atoms with Gasteiger partial charge in [-0.1, -0.05) is 60.7 Å². The third-order valence-electron chi connectivity index (χ3n) is 3.82. The maximum Gasteiger partial charge on any atom is 0.198 e. The Kier molecular flexibility index (Phi) is 4.07. The quantitative estimate of drug-likeness (QED) is 0.892. The minimum Gasteiger partial charge on any atom is -0.365 e. The van der Waals surface area contributed by atoms with E-state index in [1.165, 1.54) is 0 Å². The van der Waals surface area contributed by atoms with Crippen LogP contribution < -0.4 is 5.43 Å². The van der Waals surface area contributed by atoms with Gasteiger partial charge in [0.2, 0.25) is 0 Å². The highest BCUT2D eigenvalue weighted by atomic mass is 16.3. The van der Waals surface area contributed by atoms with Crippen molar-refractivity contribution < 1.29 is 5.11 Å². The molecule has 0 bridgehead atoms. The molecule has 0 fully saturated rings. The van der Waals surface area contributed by atoms with Crippen LogP contribution in [0.1, 0.15) is 18.1 Å². The van der Waals surface area contributed by atoms with E-state index in [-0.39, 0.29) is 6.04 Å². The number of hydrazine groups is 1. The zero-order valence-electron chi connectivity index (χ0n) is 12.9. The van der Waals surface area contributed by atoms with Gasteiger partial charge in [0.15, 0.2) is 5.72 Å². The van der Waals surface area contributed by atoms with Crippen LogP contribution in [0.25, 0.3) is 0 Å². The third-order valence-corrected chi connectivity index (χ3v) is 3.82. The second kappa shape index (κ2) is 6.01. The Hall–Kier alpha value is -2.01. The largest absolute Gasteiger partial charge is 0.365 e. The lowest BCUT2D eigenvalue weighted by atomic mass is 9.93. The number of likely N-dealkylation sites (N-methyl/N-ethyl adjacent to an activating group) is 1. The van der Waals surface area contributed by atoms with E-state index in [9.17, 15) is 5.11 Å². The number of hydrogen-bond donors (Lipinski definition) is 2. The summed E-state index contributed by atoms with van der Waals surface area (Å²) in [6.07, 6.45) is 0. The van der Waals surface area contributed by atoms with Crippen LogP contribution in [0.5, 0.6) is 0 Å². The molecule has 2 N–H and O–H groups in total. The molecule has 0 saturated carbocycles. The van der Waals surface area contributed by atoms with Crippen molar-refractivity contribution >= 4 is 5.71 Å². The van der Waals surface area contributed by atoms with Crippen LogP contribution in [0.3, 0.4) is 0 Å². The second-order valence-corrected chi connectivity index (χ2v) is 5.76. The summed E-state index contributed by atoms with van der Waals surface area (Å²) >= 11 is 0. The highest BCUT2D eigenvalue weighted by Gasteiger charge is 2.39. The van der Waals surface area contributed by atoms with Gasteiger partial charge in [0, 0.05) is 24.7 Å². The smallest absolute Gasteiger partial charge is 0.198 e. The van der Waals surface area contributed by atoms with Crippen LogP contribution in [0, 0.1) is 0 Å². The van der Waals surface area contributed by atoms with E-state index in [1.54, 1.807) is 0 Å². The molecule has 1 aliphatic heterocycles. The molecule has 3 rings (SSSR count). The van der Waals surface area contributed by atoms with E-state index >= 15 is 0 Å². The lowest BCUT2D eigenvalue weighted by Gasteiger charge is -2.33. The van der Waals surface area contributed by atoms with E-state index < -0.39 is 5.72 Å². The molecule has 2 atom stereocenters. The third kappa shape index (κ3) is 2.81. The summed E-state index contributed by atoms with van der Waals surface area (Å²) in [4.78, 5) is 4.79. The fraction of sp³-hybridized carbons (Fsp3) is 0.278. The van der Waals surface area contributed by atoms with Crippen molar-refractivity contribution in [2.24, 2.45) is 4.99 Å². The first kappa shape index (κ1) is 14.9. The predicted octanol–water partition coefficient (Wildman–Crippen LogP) is 2.16. The van der Waals surface area contributed by atoms with Crippen molar-refractivity contribution in [3.63, 3.8) is 0 Å². The van der Waals surface area contributed by atoms with Gasteiger partial charge in [-0.2, -0.15) is 0 Å². The topological polar surface area (TPSA) is 47.9 Å². The Morgan fingerprint density at radius 1 is 1.09 bits per heavy atom. The highest BCUT2D eigenvalue weighted by molar-refractivity contribution is 6.06. The number of benzene rings is 2. The lowest BCUT2D eigenvalue weighted by Crippen LogP contribution is -2.54. The Morgan fingerprint density at radius 3 is 2.32 bits per heavy atom. The summed E-state index contributed by atoms with van der Waals surface area (Å²) in [5.74, 6) is 0. The molecule has 22 heavy (non-hydrogen) atoms. The van der Waals surface area contributed by atoms with Crippen molar-refractivity contribution in [3.05, 3.63) is 71.8 Å². The van der Waals surface area contributed by atoms with Crippen LogP contribution in [-0.4, -0.2) is 35.5 Å². The number of rotatable bonds is 2. The fourth-order valence-electron chi connectivity index (χ4n) is 2.89. The van der Waals surface area contributed by atoms with Crippen LogP contribution in [0.2, 0.25) is 0 Å². The lowest BCUT2D eigenvalue weighted by molar-refractivity contribution is 0.00166. The maximum atomic E-state index is 11.4. The monoisotopic (exact) mass is 295 g/mol. The van der Waals surface area contributed by atoms with Crippen molar-refractivity contribution in [2.75, 3.05) is 13.6 Å². The summed E-state index contributed by atoms with van der Waals surface area (Å²) in [5.41, 5.74) is 4.21. The normalized spacial score (nSPS) is 26.3.